The zero-order valence-electron chi connectivity index (χ0n) is 9.47. The Balaban J connectivity index is 4.13. The van der Waals surface area contributed by atoms with Crippen molar-refractivity contribution in [2.45, 2.75) is 26.7 Å². The van der Waals surface area contributed by atoms with E-state index >= 15 is 0 Å². The Morgan fingerprint density at radius 3 is 2.19 bits per heavy atom. The fraction of sp³-hybridized carbons (Fsp3) is 0.700. The van der Waals surface area contributed by atoms with Gasteiger partial charge in [-0.25, -0.2) is 0 Å². The van der Waals surface area contributed by atoms with Crippen LogP contribution in [0, 0.1) is 5.92 Å². The fourth-order valence-electron chi connectivity index (χ4n) is 1.21. The Morgan fingerprint density at radius 2 is 1.81 bits per heavy atom. The van der Waals surface area contributed by atoms with Gasteiger partial charge in [0.15, 0.2) is 0 Å². The maximum atomic E-state index is 11.2. The number of carboxylic acid groups (broad SMARTS) is 2. The smallest absolute Gasteiger partial charge is 0.308 e. The molecule has 0 saturated carbocycles. The van der Waals surface area contributed by atoms with E-state index in [1.54, 1.807) is 0 Å². The summed E-state index contributed by atoms with van der Waals surface area (Å²) in [5.74, 6) is -2.77. The maximum Gasteiger partial charge on any atom is 0.308 e. The van der Waals surface area contributed by atoms with E-state index < -0.39 is 17.9 Å². The molecule has 1 atom stereocenters. The highest BCUT2D eigenvalue weighted by atomic mass is 16.4. The van der Waals surface area contributed by atoms with Crippen LogP contribution in [0.1, 0.15) is 26.7 Å². The van der Waals surface area contributed by atoms with Gasteiger partial charge in [0.05, 0.1) is 5.92 Å². The van der Waals surface area contributed by atoms with E-state index in [0.717, 1.165) is 0 Å². The maximum absolute atomic E-state index is 11.2. The summed E-state index contributed by atoms with van der Waals surface area (Å²) in [5.41, 5.74) is 0. The highest BCUT2D eigenvalue weighted by Crippen LogP contribution is 2.03. The number of carbonyl (C=O) groups excluding carboxylic acids is 1. The van der Waals surface area contributed by atoms with Gasteiger partial charge in [-0.1, -0.05) is 6.92 Å². The average molecular weight is 231 g/mol. The molecule has 0 bridgehead atoms. The highest BCUT2D eigenvalue weighted by molar-refractivity contribution is 5.75. The largest absolute Gasteiger partial charge is 0.481 e. The lowest BCUT2D eigenvalue weighted by atomic mass is 10.1. The van der Waals surface area contributed by atoms with Gasteiger partial charge in [-0.15, -0.1) is 0 Å². The van der Waals surface area contributed by atoms with Gasteiger partial charge in [0, 0.05) is 26.4 Å². The summed E-state index contributed by atoms with van der Waals surface area (Å²) < 4.78 is 0. The van der Waals surface area contributed by atoms with Gasteiger partial charge in [-0.2, -0.15) is 0 Å². The van der Waals surface area contributed by atoms with Crippen LogP contribution in [-0.4, -0.2) is 46.0 Å². The molecule has 0 aliphatic heterocycles. The van der Waals surface area contributed by atoms with Crippen LogP contribution in [0.3, 0.4) is 0 Å². The monoisotopic (exact) mass is 231 g/mol. The molecule has 16 heavy (non-hydrogen) atoms. The fourth-order valence-corrected chi connectivity index (χ4v) is 1.21. The number of amides is 1. The number of carbonyl (C=O) groups is 3. The van der Waals surface area contributed by atoms with Crippen LogP contribution in [0.2, 0.25) is 0 Å². The second-order valence-corrected chi connectivity index (χ2v) is 3.70. The van der Waals surface area contributed by atoms with E-state index in [1.807, 2.05) is 0 Å². The van der Waals surface area contributed by atoms with Crippen molar-refractivity contribution in [3.05, 3.63) is 0 Å². The first-order chi connectivity index (χ1) is 7.34. The van der Waals surface area contributed by atoms with Crippen LogP contribution >= 0.6 is 0 Å². The second kappa shape index (κ2) is 6.81. The molecular weight excluding hydrogens is 214 g/mol. The number of rotatable bonds is 7. The van der Waals surface area contributed by atoms with Gasteiger partial charge in [0.25, 0.3) is 0 Å². The van der Waals surface area contributed by atoms with Crippen molar-refractivity contribution in [3.63, 3.8) is 0 Å². The van der Waals surface area contributed by atoms with Gasteiger partial charge >= 0.3 is 11.9 Å². The summed E-state index contributed by atoms with van der Waals surface area (Å²) in [6.07, 6.45) is 0.312. The van der Waals surface area contributed by atoms with Gasteiger partial charge in [-0.05, 0) is 6.42 Å². The van der Waals surface area contributed by atoms with E-state index in [9.17, 15) is 14.4 Å². The first kappa shape index (κ1) is 14.4. The molecule has 0 spiro atoms. The van der Waals surface area contributed by atoms with Crippen LogP contribution in [0.25, 0.3) is 0 Å². The molecule has 0 aliphatic rings. The first-order valence-electron chi connectivity index (χ1n) is 5.04. The molecule has 0 aliphatic carbocycles. The van der Waals surface area contributed by atoms with Crippen LogP contribution in [0.15, 0.2) is 0 Å². The summed E-state index contributed by atoms with van der Waals surface area (Å²) in [6.45, 7) is 3.24. The molecule has 0 aromatic rings. The van der Waals surface area contributed by atoms with E-state index in [4.69, 9.17) is 10.2 Å². The third-order valence-corrected chi connectivity index (χ3v) is 2.18. The second-order valence-electron chi connectivity index (χ2n) is 3.70. The number of aliphatic carboxylic acids is 2. The topological polar surface area (TPSA) is 94.9 Å². The molecular formula is C10H17NO5. The molecule has 1 unspecified atom stereocenters. The Bertz CT molecular complexity index is 276. The van der Waals surface area contributed by atoms with Gasteiger partial charge in [0.2, 0.25) is 5.91 Å². The lowest BCUT2D eigenvalue weighted by Gasteiger charge is -2.22. The van der Waals surface area contributed by atoms with Gasteiger partial charge < -0.3 is 15.1 Å². The van der Waals surface area contributed by atoms with Crippen molar-refractivity contribution in [1.82, 2.24) is 4.90 Å². The highest BCUT2D eigenvalue weighted by Gasteiger charge is 2.17. The van der Waals surface area contributed by atoms with E-state index in [1.165, 1.54) is 18.7 Å². The van der Waals surface area contributed by atoms with Crippen LogP contribution < -0.4 is 0 Å². The Hall–Kier alpha value is -1.59. The molecule has 6 heteroatoms. The number of nitrogens with zero attached hydrogens (tertiary/aromatic N) is 1. The van der Waals surface area contributed by atoms with E-state index in [0.29, 0.717) is 6.42 Å². The third kappa shape index (κ3) is 6.00. The Labute approximate surface area is 93.9 Å². The molecule has 6 nitrogen and oxygen atoms in total. The molecule has 0 aromatic heterocycles. The molecule has 1 amide bonds. The minimum Gasteiger partial charge on any atom is -0.481 e. The molecule has 0 radical (unpaired) electrons. The quantitative estimate of drug-likeness (QED) is 0.662. The standard InChI is InChI=1S/C10H17NO5/c1-7(10(15)16)6-11(8(2)12)5-3-4-9(13)14/h7H,3-6H2,1-2H3,(H,13,14)(H,15,16). The SMILES string of the molecule is CC(=O)N(CCCC(=O)O)CC(C)C(=O)O. The summed E-state index contributed by atoms with van der Waals surface area (Å²) in [4.78, 5) is 33.4. The summed E-state index contributed by atoms with van der Waals surface area (Å²) >= 11 is 0. The molecule has 2 N–H and O–H groups in total. The average Bonchev–Trinajstić information content (AvgIpc) is 2.14. The van der Waals surface area contributed by atoms with Crippen LogP contribution in [0.4, 0.5) is 0 Å². The predicted molar refractivity (Wildman–Crippen MR) is 55.9 cm³/mol. The molecule has 0 fully saturated rings. The lowest BCUT2D eigenvalue weighted by Crippen LogP contribution is -2.36. The van der Waals surface area contributed by atoms with Crippen molar-refractivity contribution in [2.24, 2.45) is 5.92 Å². The van der Waals surface area contributed by atoms with Crippen molar-refractivity contribution in [1.29, 1.82) is 0 Å². The number of hydrogen-bond acceptors (Lipinski definition) is 3. The first-order valence-corrected chi connectivity index (χ1v) is 5.04. The summed E-state index contributed by atoms with van der Waals surface area (Å²) in [7, 11) is 0. The van der Waals surface area contributed by atoms with E-state index in [-0.39, 0.29) is 25.4 Å². The predicted octanol–water partition coefficient (Wildman–Crippen LogP) is 0.420. The third-order valence-electron chi connectivity index (χ3n) is 2.18. The zero-order chi connectivity index (χ0) is 12.7. The normalized spacial score (nSPS) is 11.9. The minimum atomic E-state index is -0.968. The molecule has 0 heterocycles. The van der Waals surface area contributed by atoms with Crippen LogP contribution in [0.5, 0.6) is 0 Å². The number of carboxylic acids is 2. The summed E-state index contributed by atoms with van der Waals surface area (Å²) in [6, 6.07) is 0. The van der Waals surface area contributed by atoms with Gasteiger partial charge in [-0.3, -0.25) is 14.4 Å². The lowest BCUT2D eigenvalue weighted by molar-refractivity contribution is -0.143. The minimum absolute atomic E-state index is 0.0226. The Morgan fingerprint density at radius 1 is 1.25 bits per heavy atom. The molecule has 0 saturated heterocycles. The zero-order valence-corrected chi connectivity index (χ0v) is 9.47. The van der Waals surface area contributed by atoms with Crippen molar-refractivity contribution in [2.75, 3.05) is 13.1 Å². The van der Waals surface area contributed by atoms with Crippen molar-refractivity contribution >= 4 is 17.8 Å². The molecule has 0 rings (SSSR count). The molecule has 0 aromatic carbocycles. The van der Waals surface area contributed by atoms with Gasteiger partial charge in [0.1, 0.15) is 0 Å². The van der Waals surface area contributed by atoms with Crippen molar-refractivity contribution in [3.8, 4) is 0 Å². The van der Waals surface area contributed by atoms with E-state index in [2.05, 4.69) is 0 Å². The molecule has 92 valence electrons. The Kier molecular flexibility index (Phi) is 6.14. The summed E-state index contributed by atoms with van der Waals surface area (Å²) in [5, 5.41) is 17.1. The van der Waals surface area contributed by atoms with Crippen LogP contribution in [-0.2, 0) is 14.4 Å². The van der Waals surface area contributed by atoms with Crippen molar-refractivity contribution < 1.29 is 24.6 Å². The number of hydrogen-bond donors (Lipinski definition) is 2.